The summed E-state index contributed by atoms with van der Waals surface area (Å²) < 4.78 is 11.5. The van der Waals surface area contributed by atoms with Crippen molar-refractivity contribution in [2.45, 2.75) is 39.2 Å². The van der Waals surface area contributed by atoms with E-state index in [0.29, 0.717) is 35.1 Å². The number of anilines is 1. The van der Waals surface area contributed by atoms with Crippen LogP contribution in [0.25, 0.3) is 0 Å². The van der Waals surface area contributed by atoms with Crippen molar-refractivity contribution < 1.29 is 14.3 Å². The highest BCUT2D eigenvalue weighted by atomic mass is 35.5. The van der Waals surface area contributed by atoms with Gasteiger partial charge in [-0.05, 0) is 87.7 Å². The van der Waals surface area contributed by atoms with E-state index >= 15 is 0 Å². The zero-order valence-electron chi connectivity index (χ0n) is 19.5. The third-order valence-corrected chi connectivity index (χ3v) is 5.56. The first-order valence-electron chi connectivity index (χ1n) is 11.4. The van der Waals surface area contributed by atoms with Crippen molar-refractivity contribution in [3.8, 4) is 17.6 Å². The van der Waals surface area contributed by atoms with Crippen molar-refractivity contribution in [1.82, 2.24) is 0 Å². The molecule has 6 heteroatoms. The molecule has 0 radical (unpaired) electrons. The Labute approximate surface area is 206 Å². The number of nitriles is 1. The minimum absolute atomic E-state index is 0.0113. The van der Waals surface area contributed by atoms with Crippen LogP contribution in [0, 0.1) is 11.3 Å². The maximum absolute atomic E-state index is 13.2. The quantitative estimate of drug-likeness (QED) is 0.282. The van der Waals surface area contributed by atoms with Crippen LogP contribution in [0.1, 0.15) is 49.0 Å². The summed E-state index contributed by atoms with van der Waals surface area (Å²) in [5.41, 5.74) is 1.91. The normalized spacial score (nSPS) is 10.6. The molecule has 0 atom stereocenters. The number of nitrogens with zero attached hydrogens (tertiary/aromatic N) is 2. The molecule has 0 aliphatic rings. The fraction of sp³-hybridized carbons (Fsp3) is 0.286. The lowest BCUT2D eigenvalue weighted by molar-refractivity contribution is 0.0980. The maximum Gasteiger partial charge on any atom is 0.260 e. The van der Waals surface area contributed by atoms with Crippen LogP contribution in [0.4, 0.5) is 5.69 Å². The summed E-state index contributed by atoms with van der Waals surface area (Å²) in [6, 6.07) is 24.0. The lowest BCUT2D eigenvalue weighted by atomic mass is 10.1. The molecular weight excluding hydrogens is 448 g/mol. The van der Waals surface area contributed by atoms with E-state index in [4.69, 9.17) is 26.3 Å². The van der Waals surface area contributed by atoms with Gasteiger partial charge in [0, 0.05) is 11.7 Å². The number of para-hydroxylation sites is 1. The Morgan fingerprint density at radius 3 is 2.12 bits per heavy atom. The topological polar surface area (TPSA) is 62.6 Å². The number of rotatable bonds is 11. The van der Waals surface area contributed by atoms with Gasteiger partial charge < -0.3 is 14.4 Å². The molecule has 3 aromatic rings. The number of ether oxygens (including phenoxy) is 2. The van der Waals surface area contributed by atoms with Crippen LogP contribution in [-0.4, -0.2) is 25.2 Å². The summed E-state index contributed by atoms with van der Waals surface area (Å²) in [6.45, 7) is 5.13. The molecule has 176 valence electrons. The van der Waals surface area contributed by atoms with Crippen LogP contribution in [0.5, 0.6) is 11.5 Å². The van der Waals surface area contributed by atoms with Crippen LogP contribution in [-0.2, 0) is 0 Å². The zero-order valence-corrected chi connectivity index (χ0v) is 20.3. The Morgan fingerprint density at radius 1 is 0.912 bits per heavy atom. The van der Waals surface area contributed by atoms with E-state index in [9.17, 15) is 4.79 Å². The Kier molecular flexibility index (Phi) is 9.37. The summed E-state index contributed by atoms with van der Waals surface area (Å²) in [7, 11) is 0. The maximum atomic E-state index is 13.2. The number of carbonyl (C=O) groups is 1. The molecule has 0 aliphatic carbocycles. The molecule has 0 fully saturated rings. The van der Waals surface area contributed by atoms with Gasteiger partial charge in [-0.15, -0.1) is 0 Å². The molecule has 0 aromatic heterocycles. The Morgan fingerprint density at radius 2 is 1.53 bits per heavy atom. The van der Waals surface area contributed by atoms with Gasteiger partial charge in [-0.2, -0.15) is 5.26 Å². The molecule has 5 nitrogen and oxygen atoms in total. The lowest BCUT2D eigenvalue weighted by Crippen LogP contribution is -2.37. The fourth-order valence-corrected chi connectivity index (χ4v) is 3.77. The summed E-state index contributed by atoms with van der Waals surface area (Å²) in [6.07, 6.45) is 2.74. The minimum Gasteiger partial charge on any atom is -0.494 e. The minimum atomic E-state index is -0.139. The van der Waals surface area contributed by atoms with E-state index in [0.717, 1.165) is 30.7 Å². The average Bonchev–Trinajstić information content (AvgIpc) is 2.84. The molecule has 0 aliphatic heterocycles. The van der Waals surface area contributed by atoms with Gasteiger partial charge in [-0.3, -0.25) is 4.79 Å². The van der Waals surface area contributed by atoms with Gasteiger partial charge in [0.05, 0.1) is 35.4 Å². The SMILES string of the molecule is CC(C)N(C(=O)c1ccc(OCCCCCOc2ccc(C#N)cc2)cc1Cl)c1ccccc1. The van der Waals surface area contributed by atoms with Gasteiger partial charge in [-0.1, -0.05) is 29.8 Å². The van der Waals surface area contributed by atoms with Crippen molar-refractivity contribution in [2.24, 2.45) is 0 Å². The summed E-state index contributed by atoms with van der Waals surface area (Å²) in [4.78, 5) is 14.9. The predicted molar refractivity (Wildman–Crippen MR) is 136 cm³/mol. The van der Waals surface area contributed by atoms with Gasteiger partial charge in [-0.25, -0.2) is 0 Å². The third kappa shape index (κ3) is 7.00. The van der Waals surface area contributed by atoms with E-state index < -0.39 is 0 Å². The van der Waals surface area contributed by atoms with Crippen molar-refractivity contribution in [3.63, 3.8) is 0 Å². The smallest absolute Gasteiger partial charge is 0.260 e. The molecule has 1 amide bonds. The summed E-state index contributed by atoms with van der Waals surface area (Å²) in [5.74, 6) is 1.27. The largest absolute Gasteiger partial charge is 0.494 e. The number of benzene rings is 3. The number of halogens is 1. The zero-order chi connectivity index (χ0) is 24.3. The number of amides is 1. The molecule has 0 saturated carbocycles. The molecule has 34 heavy (non-hydrogen) atoms. The number of hydrogen-bond donors (Lipinski definition) is 0. The van der Waals surface area contributed by atoms with Crippen LogP contribution in [0.3, 0.4) is 0 Å². The van der Waals surface area contributed by atoms with E-state index in [2.05, 4.69) is 6.07 Å². The van der Waals surface area contributed by atoms with Crippen LogP contribution in [0.15, 0.2) is 72.8 Å². The van der Waals surface area contributed by atoms with Gasteiger partial charge >= 0.3 is 0 Å². The first-order valence-corrected chi connectivity index (χ1v) is 11.8. The standard InChI is InChI=1S/C28H29ClN2O3/c1-21(2)31(23-9-5-3-6-10-23)28(32)26-16-15-25(19-27(26)29)34-18-8-4-7-17-33-24-13-11-22(20-30)12-14-24/h3,5-6,9-16,19,21H,4,7-8,17-18H2,1-2H3. The second-order valence-corrected chi connectivity index (χ2v) is 8.55. The molecule has 0 spiro atoms. The first kappa shape index (κ1) is 25.1. The molecule has 0 unspecified atom stereocenters. The Hall–Kier alpha value is -3.49. The molecule has 0 saturated heterocycles. The molecular formula is C28H29ClN2O3. The second kappa shape index (κ2) is 12.7. The molecule has 3 rings (SSSR count). The van der Waals surface area contributed by atoms with Crippen molar-refractivity contribution in [2.75, 3.05) is 18.1 Å². The van der Waals surface area contributed by atoms with Crippen molar-refractivity contribution >= 4 is 23.2 Å². The summed E-state index contributed by atoms with van der Waals surface area (Å²) in [5, 5.41) is 9.19. The first-order chi connectivity index (χ1) is 16.5. The Bertz CT molecular complexity index is 1110. The van der Waals surface area contributed by atoms with Crippen LogP contribution < -0.4 is 14.4 Å². The predicted octanol–water partition coefficient (Wildman–Crippen LogP) is 6.89. The average molecular weight is 477 g/mol. The highest BCUT2D eigenvalue weighted by Gasteiger charge is 2.22. The second-order valence-electron chi connectivity index (χ2n) is 8.14. The number of hydrogen-bond acceptors (Lipinski definition) is 4. The van der Waals surface area contributed by atoms with Crippen molar-refractivity contribution in [3.05, 3.63) is 88.9 Å². The van der Waals surface area contributed by atoms with E-state index in [-0.39, 0.29) is 11.9 Å². The van der Waals surface area contributed by atoms with E-state index in [1.165, 1.54) is 0 Å². The highest BCUT2D eigenvalue weighted by molar-refractivity contribution is 6.34. The number of unbranched alkanes of at least 4 members (excludes halogenated alkanes) is 2. The van der Waals surface area contributed by atoms with E-state index in [1.54, 1.807) is 47.4 Å². The number of carbonyl (C=O) groups excluding carboxylic acids is 1. The molecule has 0 bridgehead atoms. The molecule has 0 heterocycles. The monoisotopic (exact) mass is 476 g/mol. The fourth-order valence-electron chi connectivity index (χ4n) is 3.51. The molecule has 3 aromatic carbocycles. The van der Waals surface area contributed by atoms with Gasteiger partial charge in [0.25, 0.3) is 5.91 Å². The van der Waals surface area contributed by atoms with Gasteiger partial charge in [0.15, 0.2) is 0 Å². The van der Waals surface area contributed by atoms with Gasteiger partial charge in [0.2, 0.25) is 0 Å². The lowest BCUT2D eigenvalue weighted by Gasteiger charge is -2.27. The van der Waals surface area contributed by atoms with E-state index in [1.807, 2.05) is 44.2 Å². The van der Waals surface area contributed by atoms with Gasteiger partial charge in [0.1, 0.15) is 11.5 Å². The van der Waals surface area contributed by atoms with Crippen LogP contribution >= 0.6 is 11.6 Å². The third-order valence-electron chi connectivity index (χ3n) is 5.25. The molecule has 0 N–H and O–H groups in total. The van der Waals surface area contributed by atoms with Crippen LogP contribution in [0.2, 0.25) is 5.02 Å². The summed E-state index contributed by atoms with van der Waals surface area (Å²) >= 11 is 6.46. The Balaban J connectivity index is 1.44. The highest BCUT2D eigenvalue weighted by Crippen LogP contribution is 2.27. The van der Waals surface area contributed by atoms with Crippen molar-refractivity contribution in [1.29, 1.82) is 5.26 Å².